The van der Waals surface area contributed by atoms with Gasteiger partial charge >= 0.3 is 5.97 Å². The molecule has 0 spiro atoms. The first kappa shape index (κ1) is 26.0. The van der Waals surface area contributed by atoms with Gasteiger partial charge in [0.15, 0.2) is 0 Å². The van der Waals surface area contributed by atoms with Crippen LogP contribution in [0.5, 0.6) is 0 Å². The Morgan fingerprint density at radius 3 is 2.23 bits per heavy atom. The number of rotatable bonds is 8. The van der Waals surface area contributed by atoms with E-state index >= 15 is 0 Å². The molecular formula is C25H28N6O3S. The lowest BCUT2D eigenvalue weighted by molar-refractivity contribution is -0.149. The number of aliphatic carboxylic acids is 1. The third-order valence-electron chi connectivity index (χ3n) is 6.31. The second-order valence-electron chi connectivity index (χ2n) is 8.70. The van der Waals surface area contributed by atoms with Crippen molar-refractivity contribution in [3.63, 3.8) is 0 Å². The van der Waals surface area contributed by atoms with Crippen molar-refractivity contribution < 1.29 is 14.7 Å². The molecule has 1 aliphatic heterocycles. The van der Waals surface area contributed by atoms with Crippen molar-refractivity contribution in [1.82, 2.24) is 9.88 Å². The first-order chi connectivity index (χ1) is 16.6. The maximum Gasteiger partial charge on any atom is 0.323 e. The number of primary amides is 1. The predicted octanol–water partition coefficient (Wildman–Crippen LogP) is 2.69. The quantitative estimate of drug-likeness (QED) is 0.531. The van der Waals surface area contributed by atoms with Gasteiger partial charge in [-0.25, -0.2) is 4.98 Å². The Labute approximate surface area is 209 Å². The van der Waals surface area contributed by atoms with E-state index in [0.29, 0.717) is 60.1 Å². The van der Waals surface area contributed by atoms with Gasteiger partial charge in [-0.05, 0) is 31.4 Å². The molecule has 1 saturated heterocycles. The molecule has 10 heteroatoms. The first-order valence-corrected chi connectivity index (χ1v) is 12.1. The molecule has 1 aliphatic rings. The van der Waals surface area contributed by atoms with E-state index in [4.69, 9.17) is 10.7 Å². The van der Waals surface area contributed by atoms with Gasteiger partial charge in [0.05, 0.1) is 11.1 Å². The minimum atomic E-state index is -1.01. The van der Waals surface area contributed by atoms with Crippen molar-refractivity contribution >= 4 is 29.5 Å². The number of nitriles is 2. The van der Waals surface area contributed by atoms with E-state index in [1.165, 1.54) is 0 Å². The fourth-order valence-electron chi connectivity index (χ4n) is 4.14. The lowest BCUT2D eigenvalue weighted by Gasteiger charge is -2.42. The summed E-state index contributed by atoms with van der Waals surface area (Å²) in [4.78, 5) is 32.5. The topological polar surface area (TPSA) is 147 Å². The van der Waals surface area contributed by atoms with Crippen molar-refractivity contribution in [2.24, 2.45) is 5.73 Å². The third kappa shape index (κ3) is 5.24. The summed E-state index contributed by atoms with van der Waals surface area (Å²) in [5.41, 5.74) is 6.57. The van der Waals surface area contributed by atoms with E-state index in [2.05, 4.69) is 12.1 Å². The second kappa shape index (κ2) is 10.8. The van der Waals surface area contributed by atoms with E-state index in [-0.39, 0.29) is 5.56 Å². The molecule has 2 aromatic rings. The number of benzene rings is 1. The van der Waals surface area contributed by atoms with Crippen molar-refractivity contribution in [3.8, 4) is 12.1 Å². The van der Waals surface area contributed by atoms with Crippen LogP contribution in [0.25, 0.3) is 0 Å². The summed E-state index contributed by atoms with van der Waals surface area (Å²) in [6, 6.07) is 13.4. The van der Waals surface area contributed by atoms with Gasteiger partial charge in [-0.2, -0.15) is 10.5 Å². The minimum absolute atomic E-state index is 0.269. The smallest absolute Gasteiger partial charge is 0.323 e. The van der Waals surface area contributed by atoms with Gasteiger partial charge in [-0.1, -0.05) is 49.0 Å². The summed E-state index contributed by atoms with van der Waals surface area (Å²) in [7, 11) is 0. The number of thioether (sulfide) groups is 1. The van der Waals surface area contributed by atoms with E-state index in [9.17, 15) is 25.2 Å². The van der Waals surface area contributed by atoms with Crippen molar-refractivity contribution in [2.45, 2.75) is 43.0 Å². The Balaban J connectivity index is 2.03. The molecule has 1 unspecified atom stereocenters. The molecule has 1 fully saturated rings. The fraction of sp³-hybridized carbons (Fsp3) is 0.400. The summed E-state index contributed by atoms with van der Waals surface area (Å²) >= 11 is 1.10. The Hall–Kier alpha value is -3.60. The summed E-state index contributed by atoms with van der Waals surface area (Å²) in [5, 5.41) is 29.1. The van der Waals surface area contributed by atoms with E-state index < -0.39 is 22.7 Å². The zero-order valence-electron chi connectivity index (χ0n) is 20.0. The number of carbonyl (C=O) groups excluding carboxylic acids is 1. The van der Waals surface area contributed by atoms with Gasteiger partial charge < -0.3 is 15.7 Å². The molecule has 0 bridgehead atoms. The van der Waals surface area contributed by atoms with Crippen LogP contribution < -0.4 is 10.6 Å². The van der Waals surface area contributed by atoms with Gasteiger partial charge in [0.25, 0.3) is 0 Å². The highest BCUT2D eigenvalue weighted by molar-refractivity contribution is 8.00. The molecular weight excluding hydrogens is 464 g/mol. The number of carboxylic acids is 1. The lowest BCUT2D eigenvalue weighted by Crippen LogP contribution is -2.58. The summed E-state index contributed by atoms with van der Waals surface area (Å²) < 4.78 is 0. The number of pyridine rings is 1. The number of hydrogen-bond donors (Lipinski definition) is 2. The first-order valence-electron chi connectivity index (χ1n) is 11.3. The molecule has 9 nitrogen and oxygen atoms in total. The van der Waals surface area contributed by atoms with Crippen LogP contribution in [0.2, 0.25) is 0 Å². The monoisotopic (exact) mass is 492 g/mol. The third-order valence-corrected chi connectivity index (χ3v) is 7.57. The van der Waals surface area contributed by atoms with Gasteiger partial charge in [-0.3, -0.25) is 14.5 Å². The zero-order valence-corrected chi connectivity index (χ0v) is 20.8. The van der Waals surface area contributed by atoms with E-state index in [0.717, 1.165) is 11.8 Å². The van der Waals surface area contributed by atoms with Crippen LogP contribution in [0, 0.1) is 22.7 Å². The van der Waals surface area contributed by atoms with E-state index in [1.807, 2.05) is 34.9 Å². The highest BCUT2D eigenvalue weighted by Gasteiger charge is 2.37. The number of amides is 1. The van der Waals surface area contributed by atoms with Crippen molar-refractivity contribution in [2.75, 3.05) is 31.1 Å². The lowest BCUT2D eigenvalue weighted by atomic mass is 10.0. The Morgan fingerprint density at radius 2 is 1.74 bits per heavy atom. The maximum atomic E-state index is 12.3. The van der Waals surface area contributed by atoms with Crippen LogP contribution in [0.15, 0.2) is 35.4 Å². The fourth-order valence-corrected chi connectivity index (χ4v) is 5.20. The number of aromatic nitrogens is 1. The second-order valence-corrected chi connectivity index (χ2v) is 9.79. The van der Waals surface area contributed by atoms with Crippen LogP contribution in [0.3, 0.4) is 0 Å². The predicted molar refractivity (Wildman–Crippen MR) is 133 cm³/mol. The number of piperazine rings is 1. The van der Waals surface area contributed by atoms with Gasteiger partial charge in [0.1, 0.15) is 33.8 Å². The average Bonchev–Trinajstić information content (AvgIpc) is 2.86. The number of carbonyl (C=O) groups is 2. The zero-order chi connectivity index (χ0) is 25.8. The largest absolute Gasteiger partial charge is 0.480 e. The average molecular weight is 493 g/mol. The Bertz CT molecular complexity index is 1190. The molecule has 182 valence electrons. The van der Waals surface area contributed by atoms with Crippen LogP contribution in [0.1, 0.15) is 48.3 Å². The Kier molecular flexibility index (Phi) is 8.00. The molecule has 0 saturated carbocycles. The number of carboxylic acid groups (broad SMARTS) is 1. The SMILES string of the molecule is CCc1c(C#N)c(SC(C(N)=O)c2ccccc2)nc(N2CCN(C(C)(C)C(=O)O)CC2)c1C#N. The van der Waals surface area contributed by atoms with Gasteiger partial charge in [-0.15, -0.1) is 0 Å². The van der Waals surface area contributed by atoms with Crippen molar-refractivity contribution in [3.05, 3.63) is 52.6 Å². The highest BCUT2D eigenvalue weighted by atomic mass is 32.2. The molecule has 3 N–H and O–H groups in total. The highest BCUT2D eigenvalue weighted by Crippen LogP contribution is 2.39. The molecule has 0 aliphatic carbocycles. The van der Waals surface area contributed by atoms with Gasteiger partial charge in [0, 0.05) is 26.2 Å². The molecule has 1 atom stereocenters. The molecule has 0 radical (unpaired) electrons. The molecule has 35 heavy (non-hydrogen) atoms. The minimum Gasteiger partial charge on any atom is -0.480 e. The van der Waals surface area contributed by atoms with Crippen molar-refractivity contribution in [1.29, 1.82) is 10.5 Å². The molecule has 1 amide bonds. The molecule has 2 heterocycles. The van der Waals surface area contributed by atoms with Gasteiger partial charge in [0.2, 0.25) is 5.91 Å². The number of anilines is 1. The number of hydrogen-bond acceptors (Lipinski definition) is 8. The standard InChI is InChI=1S/C25H28N6O3S/c1-4-17-18(14-26)22(30-10-12-31(13-11-30)25(2,3)24(33)34)29-23(19(17)15-27)35-20(21(28)32)16-8-6-5-7-9-16/h5-9,20H,4,10-13H2,1-3H3,(H2,28,32)(H,33,34). The Morgan fingerprint density at radius 1 is 1.14 bits per heavy atom. The molecule has 1 aromatic carbocycles. The number of nitrogens with two attached hydrogens (primary N) is 1. The summed E-state index contributed by atoms with van der Waals surface area (Å²) in [5.74, 6) is -1.01. The maximum absolute atomic E-state index is 12.3. The van der Waals surface area contributed by atoms with Crippen LogP contribution >= 0.6 is 11.8 Å². The molecule has 1 aromatic heterocycles. The molecule has 3 rings (SSSR count). The van der Waals surface area contributed by atoms with E-state index in [1.54, 1.807) is 26.0 Å². The summed E-state index contributed by atoms with van der Waals surface area (Å²) in [6.45, 7) is 7.09. The van der Waals surface area contributed by atoms with Crippen LogP contribution in [0.4, 0.5) is 5.82 Å². The normalized spacial score (nSPS) is 15.2. The number of nitrogens with zero attached hydrogens (tertiary/aromatic N) is 5. The van der Waals surface area contributed by atoms with Crippen LogP contribution in [-0.2, 0) is 16.0 Å². The summed E-state index contributed by atoms with van der Waals surface area (Å²) in [6.07, 6.45) is 0.438. The van der Waals surface area contributed by atoms with Crippen LogP contribution in [-0.4, -0.2) is 58.6 Å².